The highest BCUT2D eigenvalue weighted by molar-refractivity contribution is 8.01. The van der Waals surface area contributed by atoms with Gasteiger partial charge in [-0.3, -0.25) is 14.5 Å². The highest BCUT2D eigenvalue weighted by Crippen LogP contribution is 2.47. The minimum atomic E-state index is -1.06. The van der Waals surface area contributed by atoms with Crippen LogP contribution in [0.25, 0.3) is 0 Å². The Morgan fingerprint density at radius 3 is 2.59 bits per heavy atom. The third kappa shape index (κ3) is 4.93. The summed E-state index contributed by atoms with van der Waals surface area (Å²) in [5.41, 5.74) is 0.731. The molecule has 2 unspecified atom stereocenters. The van der Waals surface area contributed by atoms with Gasteiger partial charge >= 0.3 is 5.97 Å². The number of carboxylic acids is 1. The normalized spacial score (nSPS) is 18.2. The van der Waals surface area contributed by atoms with Crippen molar-refractivity contribution in [3.63, 3.8) is 0 Å². The highest BCUT2D eigenvalue weighted by atomic mass is 35.5. The molecule has 1 aliphatic rings. The standard InChI is InChI=1S/C20H15Cl2N3O5S2/c21-11-3-6-14(13(22)7-11)30-9-16-23-24-20(32-16)25-18(29)15(8-17(27)28)31-19(25)10-1-4-12(26)5-2-10/h1-7,15,19,26H,8-9H2,(H,27,28). The molecule has 2 heterocycles. The van der Waals surface area contributed by atoms with E-state index >= 15 is 0 Å². The van der Waals surface area contributed by atoms with E-state index in [0.717, 1.165) is 16.9 Å². The van der Waals surface area contributed by atoms with Crippen molar-refractivity contribution in [2.24, 2.45) is 0 Å². The van der Waals surface area contributed by atoms with E-state index in [9.17, 15) is 19.8 Å². The Morgan fingerprint density at radius 1 is 1.16 bits per heavy atom. The van der Waals surface area contributed by atoms with Crippen molar-refractivity contribution >= 4 is 63.3 Å². The number of hydrogen-bond acceptors (Lipinski definition) is 8. The van der Waals surface area contributed by atoms with Gasteiger partial charge in [-0.05, 0) is 35.9 Å². The van der Waals surface area contributed by atoms with Crippen LogP contribution < -0.4 is 9.64 Å². The van der Waals surface area contributed by atoms with E-state index < -0.39 is 16.6 Å². The van der Waals surface area contributed by atoms with Crippen molar-refractivity contribution in [1.29, 1.82) is 0 Å². The first-order valence-corrected chi connectivity index (χ1v) is 11.7. The van der Waals surface area contributed by atoms with Crippen LogP contribution in [0.2, 0.25) is 10.0 Å². The molecule has 12 heteroatoms. The van der Waals surface area contributed by atoms with Crippen LogP contribution >= 0.6 is 46.3 Å². The van der Waals surface area contributed by atoms with Gasteiger partial charge in [0, 0.05) is 5.02 Å². The summed E-state index contributed by atoms with van der Waals surface area (Å²) in [4.78, 5) is 25.7. The van der Waals surface area contributed by atoms with Gasteiger partial charge in [0.05, 0.1) is 16.7 Å². The van der Waals surface area contributed by atoms with Gasteiger partial charge in [0.25, 0.3) is 0 Å². The molecule has 0 bridgehead atoms. The van der Waals surface area contributed by atoms with E-state index in [-0.39, 0.29) is 24.7 Å². The summed E-state index contributed by atoms with van der Waals surface area (Å²) in [5.74, 6) is -0.898. The van der Waals surface area contributed by atoms with E-state index in [1.807, 2.05) is 0 Å². The van der Waals surface area contributed by atoms with E-state index in [4.69, 9.17) is 27.9 Å². The number of rotatable bonds is 7. The van der Waals surface area contributed by atoms with Gasteiger partial charge in [-0.15, -0.1) is 22.0 Å². The smallest absolute Gasteiger partial charge is 0.305 e. The lowest BCUT2D eigenvalue weighted by Crippen LogP contribution is -2.31. The molecular formula is C20H15Cl2N3O5S2. The maximum atomic E-state index is 13.0. The fraction of sp³-hybridized carbons (Fsp3) is 0.200. The van der Waals surface area contributed by atoms with E-state index in [1.165, 1.54) is 28.8 Å². The number of halogens is 2. The number of hydrogen-bond donors (Lipinski definition) is 2. The minimum absolute atomic E-state index is 0.0800. The molecule has 0 spiro atoms. The monoisotopic (exact) mass is 511 g/mol. The van der Waals surface area contributed by atoms with Gasteiger partial charge in [0.1, 0.15) is 23.5 Å². The van der Waals surface area contributed by atoms with Crippen LogP contribution in [0.1, 0.15) is 22.4 Å². The molecule has 166 valence electrons. The van der Waals surface area contributed by atoms with E-state index in [0.29, 0.717) is 25.9 Å². The number of carbonyl (C=O) groups is 2. The van der Waals surface area contributed by atoms with Crippen molar-refractivity contribution in [1.82, 2.24) is 10.2 Å². The second-order valence-corrected chi connectivity index (χ2v) is 9.89. The number of thioether (sulfide) groups is 1. The van der Waals surface area contributed by atoms with Gasteiger partial charge in [0.15, 0.2) is 5.01 Å². The van der Waals surface area contributed by atoms with Gasteiger partial charge in [0.2, 0.25) is 11.0 Å². The Hall–Kier alpha value is -2.53. The molecule has 2 atom stereocenters. The molecule has 8 nitrogen and oxygen atoms in total. The number of benzene rings is 2. The van der Waals surface area contributed by atoms with E-state index in [2.05, 4.69) is 10.2 Å². The largest absolute Gasteiger partial charge is 0.508 e. The second kappa shape index (κ2) is 9.53. The Kier molecular flexibility index (Phi) is 6.75. The number of carbonyl (C=O) groups excluding carboxylic acids is 1. The van der Waals surface area contributed by atoms with Crippen LogP contribution in [-0.2, 0) is 16.2 Å². The van der Waals surface area contributed by atoms with Crippen molar-refractivity contribution in [2.45, 2.75) is 23.7 Å². The quantitative estimate of drug-likeness (QED) is 0.467. The molecule has 1 saturated heterocycles. The van der Waals surface area contributed by atoms with Crippen LogP contribution in [-0.4, -0.2) is 37.5 Å². The summed E-state index contributed by atoms with van der Waals surface area (Å²) in [7, 11) is 0. The lowest BCUT2D eigenvalue weighted by molar-refractivity contribution is -0.138. The van der Waals surface area contributed by atoms with Crippen LogP contribution in [0.3, 0.4) is 0 Å². The SMILES string of the molecule is O=C(O)CC1SC(c2ccc(O)cc2)N(c2nnc(COc3ccc(Cl)cc3Cl)s2)C1=O. The Morgan fingerprint density at radius 2 is 1.91 bits per heavy atom. The van der Waals surface area contributed by atoms with E-state index in [1.54, 1.807) is 30.3 Å². The predicted molar refractivity (Wildman–Crippen MR) is 123 cm³/mol. The number of phenols is 1. The molecule has 0 radical (unpaired) electrons. The Balaban J connectivity index is 1.56. The van der Waals surface area contributed by atoms with Crippen molar-refractivity contribution in [3.05, 3.63) is 63.1 Å². The van der Waals surface area contributed by atoms with Crippen LogP contribution in [0.5, 0.6) is 11.5 Å². The summed E-state index contributed by atoms with van der Waals surface area (Å²) in [5, 5.41) is 27.4. The molecule has 3 aromatic rings. The van der Waals surface area contributed by atoms with Crippen molar-refractivity contribution in [2.75, 3.05) is 4.90 Å². The molecule has 0 aliphatic carbocycles. The Labute approximate surface area is 200 Å². The minimum Gasteiger partial charge on any atom is -0.508 e. The van der Waals surface area contributed by atoms with Crippen molar-refractivity contribution in [3.8, 4) is 11.5 Å². The number of ether oxygens (including phenoxy) is 1. The summed E-state index contributed by atoms with van der Waals surface area (Å²) >= 11 is 14.4. The molecule has 1 fully saturated rings. The summed E-state index contributed by atoms with van der Waals surface area (Å²) in [6.45, 7) is 0.0800. The fourth-order valence-electron chi connectivity index (χ4n) is 3.03. The zero-order valence-electron chi connectivity index (χ0n) is 16.1. The number of anilines is 1. The topological polar surface area (TPSA) is 113 Å². The number of aromatic hydroxyl groups is 1. The maximum Gasteiger partial charge on any atom is 0.305 e. The predicted octanol–water partition coefficient (Wildman–Crippen LogP) is 4.75. The molecule has 32 heavy (non-hydrogen) atoms. The highest BCUT2D eigenvalue weighted by Gasteiger charge is 2.44. The van der Waals surface area contributed by atoms with Crippen LogP contribution in [0.4, 0.5) is 5.13 Å². The summed E-state index contributed by atoms with van der Waals surface area (Å²) < 4.78 is 5.68. The molecule has 0 saturated carbocycles. The molecule has 1 aromatic heterocycles. The molecular weight excluding hydrogens is 497 g/mol. The number of nitrogens with zero attached hydrogens (tertiary/aromatic N) is 3. The maximum absolute atomic E-state index is 13.0. The van der Waals surface area contributed by atoms with Gasteiger partial charge < -0.3 is 14.9 Å². The first-order valence-electron chi connectivity index (χ1n) is 9.21. The number of phenolic OH excluding ortho intramolecular Hbond substituents is 1. The van der Waals surface area contributed by atoms with Gasteiger partial charge in [-0.2, -0.15) is 0 Å². The molecule has 1 aliphatic heterocycles. The molecule has 4 rings (SSSR count). The summed E-state index contributed by atoms with van der Waals surface area (Å²) in [6.07, 6.45) is -0.307. The molecule has 1 amide bonds. The molecule has 2 N–H and O–H groups in total. The Bertz CT molecular complexity index is 1160. The zero-order chi connectivity index (χ0) is 22.8. The number of aliphatic carboxylic acids is 1. The third-order valence-electron chi connectivity index (χ3n) is 4.49. The zero-order valence-corrected chi connectivity index (χ0v) is 19.3. The number of amides is 1. The van der Waals surface area contributed by atoms with Crippen molar-refractivity contribution < 1.29 is 24.5 Å². The average Bonchev–Trinajstić information content (AvgIpc) is 3.32. The lowest BCUT2D eigenvalue weighted by atomic mass is 10.2. The van der Waals surface area contributed by atoms with Crippen LogP contribution in [0, 0.1) is 0 Å². The number of aromatic nitrogens is 2. The van der Waals surface area contributed by atoms with Crippen LogP contribution in [0.15, 0.2) is 42.5 Å². The first-order chi connectivity index (χ1) is 15.3. The fourth-order valence-corrected chi connectivity index (χ4v) is 5.77. The number of carboxylic acid groups (broad SMARTS) is 1. The average molecular weight is 512 g/mol. The first kappa shape index (κ1) is 22.7. The third-order valence-corrected chi connectivity index (χ3v) is 7.35. The lowest BCUT2D eigenvalue weighted by Gasteiger charge is -2.20. The van der Waals surface area contributed by atoms with Gasteiger partial charge in [-0.25, -0.2) is 0 Å². The second-order valence-electron chi connectivity index (χ2n) is 6.72. The summed E-state index contributed by atoms with van der Waals surface area (Å²) in [6, 6.07) is 11.3. The van der Waals surface area contributed by atoms with Gasteiger partial charge in [-0.1, -0.05) is 46.7 Å². The molecule has 2 aromatic carbocycles.